The number of esters is 1. The molecule has 1 unspecified atom stereocenters. The van der Waals surface area contributed by atoms with Crippen LogP contribution in [0.5, 0.6) is 0 Å². The zero-order valence-corrected chi connectivity index (χ0v) is 32.5. The minimum Gasteiger partial charge on any atom is -0.455 e. The second kappa shape index (κ2) is 15.9. The SMILES string of the molecule is CS[C@@]1(NC(=O)C(NC(=O)N2CCN(Cc3ccccc3)C(=O)C2=O)c2ccccc2)C(=O)N2C(C(=O)OC(C)(C)C)=C(CSc3cnns3)CS[C@H]21. The molecule has 2 saturated heterocycles. The third-order valence-electron chi connectivity index (χ3n) is 8.50. The van der Waals surface area contributed by atoms with E-state index in [0.29, 0.717) is 22.6 Å². The number of nitrogens with one attached hydrogen (secondary N) is 2. The Morgan fingerprint density at radius 1 is 1.02 bits per heavy atom. The van der Waals surface area contributed by atoms with E-state index in [0.717, 1.165) is 26.4 Å². The molecule has 1 aromatic heterocycles. The fraction of sp³-hybridized carbons (Fsp3) is 0.371. The number of thioether (sulfide) groups is 3. The second-order valence-corrected chi connectivity index (χ2v) is 17.4. The van der Waals surface area contributed by atoms with Crippen LogP contribution in [0.25, 0.3) is 0 Å². The van der Waals surface area contributed by atoms with Crippen molar-refractivity contribution in [3.63, 3.8) is 0 Å². The van der Waals surface area contributed by atoms with Gasteiger partial charge in [-0.15, -0.1) is 40.4 Å². The number of amides is 6. The molecule has 2 N–H and O–H groups in total. The topological polar surface area (TPSA) is 171 Å². The maximum Gasteiger partial charge on any atom is 0.355 e. The van der Waals surface area contributed by atoms with Crippen LogP contribution in [-0.2, 0) is 35.3 Å². The molecule has 0 saturated carbocycles. The first-order valence-electron chi connectivity index (χ1n) is 16.5. The van der Waals surface area contributed by atoms with Crippen molar-refractivity contribution >= 4 is 82.4 Å². The number of urea groups is 1. The average molecular weight is 796 g/mol. The number of nitrogens with zero attached hydrogens (tertiary/aromatic N) is 5. The summed E-state index contributed by atoms with van der Waals surface area (Å²) in [5, 5.41) is 8.71. The molecule has 3 aliphatic rings. The number of hydrogen-bond donors (Lipinski definition) is 2. The molecule has 0 radical (unpaired) electrons. The maximum absolute atomic E-state index is 14.2. The van der Waals surface area contributed by atoms with Crippen LogP contribution >= 0.6 is 46.8 Å². The largest absolute Gasteiger partial charge is 0.455 e. The van der Waals surface area contributed by atoms with Crippen LogP contribution < -0.4 is 10.6 Å². The summed E-state index contributed by atoms with van der Waals surface area (Å²) in [5.41, 5.74) is 1.24. The highest BCUT2D eigenvalue weighted by atomic mass is 32.2. The highest BCUT2D eigenvalue weighted by Crippen LogP contribution is 2.51. The molecule has 6 rings (SSSR count). The number of β-lactam (4-membered cyclic amide) rings is 1. The van der Waals surface area contributed by atoms with Crippen LogP contribution in [0.4, 0.5) is 4.79 Å². The van der Waals surface area contributed by atoms with Gasteiger partial charge < -0.3 is 20.3 Å². The number of aromatic nitrogens is 2. The summed E-state index contributed by atoms with van der Waals surface area (Å²) in [6, 6.07) is 15.3. The van der Waals surface area contributed by atoms with Crippen LogP contribution in [-0.4, -0.2) is 107 Å². The number of piperazine rings is 1. The Morgan fingerprint density at radius 3 is 2.36 bits per heavy atom. The lowest BCUT2D eigenvalue weighted by Crippen LogP contribution is -2.78. The van der Waals surface area contributed by atoms with Crippen molar-refractivity contribution in [1.29, 1.82) is 0 Å². The van der Waals surface area contributed by atoms with E-state index in [2.05, 4.69) is 20.2 Å². The van der Waals surface area contributed by atoms with Gasteiger partial charge >= 0.3 is 23.8 Å². The van der Waals surface area contributed by atoms with Crippen molar-refractivity contribution < 1.29 is 33.5 Å². The van der Waals surface area contributed by atoms with Crippen LogP contribution in [0, 0.1) is 0 Å². The molecule has 3 aromatic rings. The first-order valence-corrected chi connectivity index (χ1v) is 20.5. The van der Waals surface area contributed by atoms with Gasteiger partial charge in [-0.3, -0.25) is 29.0 Å². The Labute approximate surface area is 323 Å². The molecule has 4 heterocycles. The Morgan fingerprint density at radius 2 is 1.72 bits per heavy atom. The summed E-state index contributed by atoms with van der Waals surface area (Å²) in [7, 11) is 0. The van der Waals surface area contributed by atoms with E-state index in [1.807, 2.05) is 30.3 Å². The fourth-order valence-electron chi connectivity index (χ4n) is 5.97. The van der Waals surface area contributed by atoms with Gasteiger partial charge in [-0.2, -0.15) is 0 Å². The van der Waals surface area contributed by atoms with Crippen molar-refractivity contribution in [2.45, 2.75) is 53.4 Å². The molecule has 0 spiro atoms. The maximum atomic E-state index is 14.2. The molecule has 2 fully saturated rings. The smallest absolute Gasteiger partial charge is 0.355 e. The van der Waals surface area contributed by atoms with E-state index in [1.54, 1.807) is 63.6 Å². The van der Waals surface area contributed by atoms with Crippen molar-refractivity contribution in [1.82, 2.24) is 34.9 Å². The number of rotatable bonds is 11. The number of imide groups is 1. The van der Waals surface area contributed by atoms with Crippen LogP contribution in [0.1, 0.15) is 37.9 Å². The normalized spacial score (nSPS) is 20.8. The van der Waals surface area contributed by atoms with Gasteiger partial charge in [0.25, 0.3) is 5.91 Å². The summed E-state index contributed by atoms with van der Waals surface area (Å²) in [6.45, 7) is 5.49. The molecule has 0 aliphatic carbocycles. The van der Waals surface area contributed by atoms with Crippen LogP contribution in [0.15, 0.2) is 82.3 Å². The minimum atomic E-state index is -1.50. The first-order chi connectivity index (χ1) is 25.3. The van der Waals surface area contributed by atoms with Gasteiger partial charge in [0.15, 0.2) is 4.87 Å². The number of fused-ring (bicyclic) bond motifs is 1. The summed E-state index contributed by atoms with van der Waals surface area (Å²) in [6.07, 6.45) is 3.32. The van der Waals surface area contributed by atoms with Gasteiger partial charge in [0.2, 0.25) is 5.91 Å². The van der Waals surface area contributed by atoms with Crippen molar-refractivity contribution in [2.24, 2.45) is 0 Å². The fourth-order valence-corrected chi connectivity index (χ4v) is 10.2. The number of carbonyl (C=O) groups excluding carboxylic acids is 6. The molecular formula is C35H37N7O7S4. The van der Waals surface area contributed by atoms with Crippen LogP contribution in [0.2, 0.25) is 0 Å². The summed E-state index contributed by atoms with van der Waals surface area (Å²) >= 11 is 5.19. The quantitative estimate of drug-likeness (QED) is 0.0952. The summed E-state index contributed by atoms with van der Waals surface area (Å²) in [4.78, 5) is 84.0. The van der Waals surface area contributed by atoms with E-state index in [1.165, 1.54) is 44.9 Å². The van der Waals surface area contributed by atoms with Crippen molar-refractivity contribution in [3.05, 3.63) is 89.3 Å². The predicted octanol–water partition coefficient (Wildman–Crippen LogP) is 3.64. The third kappa shape index (κ3) is 8.10. The Bertz CT molecular complexity index is 1920. The third-order valence-corrected chi connectivity index (χ3v) is 13.1. The van der Waals surface area contributed by atoms with E-state index >= 15 is 0 Å². The van der Waals surface area contributed by atoms with Crippen LogP contribution in [0.3, 0.4) is 0 Å². The van der Waals surface area contributed by atoms with Gasteiger partial charge in [0, 0.05) is 31.1 Å². The van der Waals surface area contributed by atoms with Gasteiger partial charge in [-0.25, -0.2) is 9.59 Å². The van der Waals surface area contributed by atoms with Gasteiger partial charge in [0.1, 0.15) is 26.9 Å². The summed E-state index contributed by atoms with van der Waals surface area (Å²) in [5.74, 6) is -2.95. The lowest BCUT2D eigenvalue weighted by molar-refractivity contribution is -0.160. The molecule has 3 aliphatic heterocycles. The van der Waals surface area contributed by atoms with E-state index < -0.39 is 57.5 Å². The summed E-state index contributed by atoms with van der Waals surface area (Å²) < 4.78 is 10.5. The number of ether oxygens (including phenoxy) is 1. The minimum absolute atomic E-state index is 0.0762. The molecule has 278 valence electrons. The van der Waals surface area contributed by atoms with Gasteiger partial charge in [-0.1, -0.05) is 65.2 Å². The molecule has 6 amide bonds. The van der Waals surface area contributed by atoms with Gasteiger partial charge in [-0.05, 0) is 55.3 Å². The standard InChI is InChI=1S/C35H37N7O7S4/c1-34(2,3)49-30(46)26-23(19-51-24-17-36-39-53-24)20-52-32-35(50-4,31(47)42(26)32)38-27(43)25(22-13-9-6-10-14-22)37-33(48)41-16-15-40(28(44)29(41)45)18-21-11-7-5-8-12-21/h5-14,17,25,32H,15-16,18-20H2,1-4H3,(H,37,48)(H,38,43)/t25?,32-,35-/m0/s1. The molecule has 0 bridgehead atoms. The van der Waals surface area contributed by atoms with Gasteiger partial charge in [0.05, 0.1) is 6.20 Å². The molecular weight excluding hydrogens is 759 g/mol. The molecule has 14 nitrogen and oxygen atoms in total. The van der Waals surface area contributed by atoms with Crippen molar-refractivity contribution in [2.75, 3.05) is 30.9 Å². The predicted molar refractivity (Wildman–Crippen MR) is 202 cm³/mol. The Hall–Kier alpha value is -4.39. The number of benzene rings is 2. The Balaban J connectivity index is 1.21. The highest BCUT2D eigenvalue weighted by molar-refractivity contribution is 8.05. The lowest BCUT2D eigenvalue weighted by atomic mass is 10.00. The molecule has 53 heavy (non-hydrogen) atoms. The second-order valence-electron chi connectivity index (χ2n) is 13.2. The highest BCUT2D eigenvalue weighted by Gasteiger charge is 2.66. The molecule has 3 atom stereocenters. The monoisotopic (exact) mass is 795 g/mol. The zero-order valence-electron chi connectivity index (χ0n) is 29.3. The van der Waals surface area contributed by atoms with Crippen molar-refractivity contribution in [3.8, 4) is 0 Å². The van der Waals surface area contributed by atoms with E-state index in [4.69, 9.17) is 4.74 Å². The molecule has 18 heteroatoms. The molecule has 2 aromatic carbocycles. The first kappa shape index (κ1) is 38.3. The lowest BCUT2D eigenvalue weighted by Gasteiger charge is -2.56. The number of hydrogen-bond acceptors (Lipinski definition) is 13. The number of carbonyl (C=O) groups is 6. The van der Waals surface area contributed by atoms with E-state index in [-0.39, 0.29) is 25.3 Å². The Kier molecular flexibility index (Phi) is 11.5. The average Bonchev–Trinajstić information content (AvgIpc) is 3.67. The zero-order chi connectivity index (χ0) is 37.9. The van der Waals surface area contributed by atoms with E-state index in [9.17, 15) is 28.8 Å².